The van der Waals surface area contributed by atoms with Gasteiger partial charge in [-0.15, -0.1) is 11.3 Å². The van der Waals surface area contributed by atoms with Gasteiger partial charge in [-0.25, -0.2) is 4.98 Å². The van der Waals surface area contributed by atoms with Crippen LogP contribution in [0, 0.1) is 0 Å². The summed E-state index contributed by atoms with van der Waals surface area (Å²) in [6, 6.07) is 6.11. The molecule has 0 aliphatic heterocycles. The molecule has 2 N–H and O–H groups in total. The van der Waals surface area contributed by atoms with Gasteiger partial charge in [-0.2, -0.15) is 0 Å². The minimum atomic E-state index is 0.105. The average Bonchev–Trinajstić information content (AvgIpc) is 2.76. The van der Waals surface area contributed by atoms with Crippen LogP contribution in [-0.2, 0) is 5.41 Å². The highest BCUT2D eigenvalue weighted by Crippen LogP contribution is 2.41. The summed E-state index contributed by atoms with van der Waals surface area (Å²) in [5.74, 6) is 0.898. The Kier molecular flexibility index (Phi) is 3.94. The Morgan fingerprint density at radius 3 is 2.65 bits per heavy atom. The second-order valence-electron chi connectivity index (χ2n) is 5.75. The van der Waals surface area contributed by atoms with Crippen LogP contribution in [0.4, 0.5) is 0 Å². The smallest absolute Gasteiger partial charge is 0.120 e. The zero-order valence-electron chi connectivity index (χ0n) is 12.0. The molecule has 0 unspecified atom stereocenters. The molecular formula is C16H22N2OS. The van der Waals surface area contributed by atoms with Crippen molar-refractivity contribution in [3.05, 3.63) is 23.2 Å². The maximum atomic E-state index is 6.16. The zero-order valence-corrected chi connectivity index (χ0v) is 12.8. The third kappa shape index (κ3) is 2.42. The summed E-state index contributed by atoms with van der Waals surface area (Å²) in [4.78, 5) is 4.88. The van der Waals surface area contributed by atoms with Crippen molar-refractivity contribution in [2.75, 3.05) is 13.7 Å². The Morgan fingerprint density at radius 1 is 1.25 bits per heavy atom. The molecule has 0 saturated heterocycles. The number of methoxy groups -OCH3 is 1. The Balaban J connectivity index is 2.02. The van der Waals surface area contributed by atoms with Crippen molar-refractivity contribution in [1.82, 2.24) is 4.98 Å². The number of hydrogen-bond donors (Lipinski definition) is 1. The van der Waals surface area contributed by atoms with Crippen LogP contribution < -0.4 is 10.5 Å². The summed E-state index contributed by atoms with van der Waals surface area (Å²) < 4.78 is 6.51. The van der Waals surface area contributed by atoms with E-state index >= 15 is 0 Å². The van der Waals surface area contributed by atoms with Crippen molar-refractivity contribution in [3.8, 4) is 5.75 Å². The fourth-order valence-electron chi connectivity index (χ4n) is 3.17. The molecular weight excluding hydrogens is 268 g/mol. The predicted molar refractivity (Wildman–Crippen MR) is 84.6 cm³/mol. The van der Waals surface area contributed by atoms with Gasteiger partial charge < -0.3 is 10.5 Å². The maximum Gasteiger partial charge on any atom is 0.120 e. The van der Waals surface area contributed by atoms with Crippen molar-refractivity contribution in [1.29, 1.82) is 0 Å². The van der Waals surface area contributed by atoms with Gasteiger partial charge in [-0.05, 0) is 31.0 Å². The van der Waals surface area contributed by atoms with Crippen LogP contribution in [0.15, 0.2) is 18.2 Å². The normalized spacial score (nSPS) is 18.9. The molecule has 0 atom stereocenters. The Hall–Kier alpha value is -1.13. The molecule has 0 spiro atoms. The third-order valence-corrected chi connectivity index (χ3v) is 5.77. The van der Waals surface area contributed by atoms with E-state index in [1.165, 1.54) is 48.2 Å². The number of aromatic nitrogens is 1. The summed E-state index contributed by atoms with van der Waals surface area (Å²) in [6.45, 7) is 0.712. The molecule has 3 nitrogen and oxygen atoms in total. The van der Waals surface area contributed by atoms with Gasteiger partial charge in [0.2, 0.25) is 0 Å². The third-order valence-electron chi connectivity index (χ3n) is 4.50. The van der Waals surface area contributed by atoms with Gasteiger partial charge in [0, 0.05) is 12.0 Å². The van der Waals surface area contributed by atoms with Gasteiger partial charge in [-0.1, -0.05) is 25.7 Å². The maximum absolute atomic E-state index is 6.16. The molecule has 1 aromatic carbocycles. The van der Waals surface area contributed by atoms with Crippen LogP contribution in [0.1, 0.15) is 43.5 Å². The number of hydrogen-bond acceptors (Lipinski definition) is 4. The Bertz CT molecular complexity index is 585. The predicted octanol–water partition coefficient (Wildman–Crippen LogP) is 3.86. The molecule has 1 aliphatic carbocycles. The van der Waals surface area contributed by atoms with Crippen molar-refractivity contribution >= 4 is 21.6 Å². The molecule has 1 fully saturated rings. The van der Waals surface area contributed by atoms with Crippen LogP contribution in [0.25, 0.3) is 10.2 Å². The van der Waals surface area contributed by atoms with Gasteiger partial charge in [-0.3, -0.25) is 0 Å². The quantitative estimate of drug-likeness (QED) is 0.873. The van der Waals surface area contributed by atoms with E-state index in [1.807, 2.05) is 6.07 Å². The first-order chi connectivity index (χ1) is 9.77. The van der Waals surface area contributed by atoms with Crippen LogP contribution in [0.5, 0.6) is 5.75 Å². The lowest BCUT2D eigenvalue weighted by Crippen LogP contribution is -2.34. The second-order valence-corrected chi connectivity index (χ2v) is 6.78. The van der Waals surface area contributed by atoms with Gasteiger partial charge >= 0.3 is 0 Å². The fraction of sp³-hybridized carbons (Fsp3) is 0.562. The van der Waals surface area contributed by atoms with Crippen LogP contribution in [0.2, 0.25) is 0 Å². The summed E-state index contributed by atoms with van der Waals surface area (Å²) in [5.41, 5.74) is 7.34. The van der Waals surface area contributed by atoms with E-state index in [2.05, 4.69) is 12.1 Å². The van der Waals surface area contributed by atoms with E-state index in [-0.39, 0.29) is 5.41 Å². The van der Waals surface area contributed by atoms with Gasteiger partial charge in [0.1, 0.15) is 10.8 Å². The number of rotatable bonds is 3. The summed E-state index contributed by atoms with van der Waals surface area (Å²) >= 11 is 1.79. The highest BCUT2D eigenvalue weighted by Gasteiger charge is 2.34. The minimum absolute atomic E-state index is 0.105. The van der Waals surface area contributed by atoms with E-state index in [1.54, 1.807) is 18.4 Å². The molecule has 108 valence electrons. The molecule has 2 aromatic rings. The Morgan fingerprint density at radius 2 is 2.00 bits per heavy atom. The highest BCUT2D eigenvalue weighted by molar-refractivity contribution is 7.18. The first kappa shape index (κ1) is 13.8. The molecule has 1 aromatic heterocycles. The molecule has 0 radical (unpaired) electrons. The first-order valence-corrected chi connectivity index (χ1v) is 8.24. The minimum Gasteiger partial charge on any atom is -0.497 e. The number of thiazole rings is 1. The fourth-order valence-corrected chi connectivity index (χ4v) is 4.42. The van der Waals surface area contributed by atoms with Crippen molar-refractivity contribution < 1.29 is 4.74 Å². The lowest BCUT2D eigenvalue weighted by Gasteiger charge is -2.28. The zero-order chi connectivity index (χ0) is 14.0. The molecule has 20 heavy (non-hydrogen) atoms. The molecule has 3 rings (SSSR count). The van der Waals surface area contributed by atoms with Crippen LogP contribution in [-0.4, -0.2) is 18.6 Å². The molecule has 4 heteroatoms. The van der Waals surface area contributed by atoms with Crippen LogP contribution >= 0.6 is 11.3 Å². The van der Waals surface area contributed by atoms with Gasteiger partial charge in [0.05, 0.1) is 17.3 Å². The van der Waals surface area contributed by atoms with Gasteiger partial charge in [0.15, 0.2) is 0 Å². The number of ether oxygens (including phenoxy) is 1. The van der Waals surface area contributed by atoms with Crippen LogP contribution in [0.3, 0.4) is 0 Å². The summed E-state index contributed by atoms with van der Waals surface area (Å²) in [7, 11) is 1.70. The molecule has 0 bridgehead atoms. The van der Waals surface area contributed by atoms with Crippen molar-refractivity contribution in [2.45, 2.75) is 43.9 Å². The SMILES string of the molecule is COc1ccc2nc(C3(CN)CCCCCC3)sc2c1. The molecule has 1 heterocycles. The standard InChI is InChI=1S/C16H22N2OS/c1-19-12-6-7-13-14(10-12)20-15(18-13)16(11-17)8-4-2-3-5-9-16/h6-7,10H,2-5,8-9,11,17H2,1H3. The lowest BCUT2D eigenvalue weighted by molar-refractivity contribution is 0.380. The number of nitrogens with two attached hydrogens (primary N) is 1. The highest BCUT2D eigenvalue weighted by atomic mass is 32.1. The average molecular weight is 290 g/mol. The van der Waals surface area contributed by atoms with E-state index in [4.69, 9.17) is 15.5 Å². The lowest BCUT2D eigenvalue weighted by atomic mass is 9.81. The van der Waals surface area contributed by atoms with Gasteiger partial charge in [0.25, 0.3) is 0 Å². The first-order valence-electron chi connectivity index (χ1n) is 7.42. The van der Waals surface area contributed by atoms with Crippen molar-refractivity contribution in [2.24, 2.45) is 5.73 Å². The molecule has 1 saturated carbocycles. The van der Waals surface area contributed by atoms with E-state index in [9.17, 15) is 0 Å². The second kappa shape index (κ2) is 5.70. The largest absolute Gasteiger partial charge is 0.497 e. The monoisotopic (exact) mass is 290 g/mol. The molecule has 1 aliphatic rings. The topological polar surface area (TPSA) is 48.1 Å². The summed E-state index contributed by atoms with van der Waals surface area (Å²) in [5, 5.41) is 1.23. The van der Waals surface area contributed by atoms with E-state index in [0.29, 0.717) is 6.54 Å². The van der Waals surface area contributed by atoms with Crippen molar-refractivity contribution in [3.63, 3.8) is 0 Å². The number of nitrogens with zero attached hydrogens (tertiary/aromatic N) is 1. The van der Waals surface area contributed by atoms with E-state index < -0.39 is 0 Å². The number of fused-ring (bicyclic) bond motifs is 1. The number of benzene rings is 1. The molecule has 0 amide bonds. The van der Waals surface area contributed by atoms with E-state index in [0.717, 1.165) is 11.3 Å². The Labute approximate surface area is 124 Å². The summed E-state index contributed by atoms with van der Waals surface area (Å²) in [6.07, 6.45) is 7.58.